The monoisotopic (exact) mass is 285 g/mol. The average molecular weight is 285 g/mol. The summed E-state index contributed by atoms with van der Waals surface area (Å²) in [5.41, 5.74) is -2.26. The fourth-order valence-corrected chi connectivity index (χ4v) is 2.17. The van der Waals surface area contributed by atoms with E-state index in [-0.39, 0.29) is 37.4 Å². The molecule has 0 saturated carbocycles. The molecule has 0 atom stereocenters. The molecule has 0 unspecified atom stereocenters. The highest BCUT2D eigenvalue weighted by molar-refractivity contribution is 5.37. The van der Waals surface area contributed by atoms with E-state index < -0.39 is 11.8 Å². The molecule has 0 radical (unpaired) electrons. The molecule has 0 aliphatic carbocycles. The normalized spacial score (nSPS) is 19.4. The van der Waals surface area contributed by atoms with Gasteiger partial charge in [0, 0.05) is 32.1 Å². The number of likely N-dealkylation sites (tertiary alicyclic amines) is 1. The Kier molecular flexibility index (Phi) is 3.86. The Bertz CT molecular complexity index is 516. The summed E-state index contributed by atoms with van der Waals surface area (Å²) in [5.74, 6) is -0.253. The lowest BCUT2D eigenvalue weighted by Crippen LogP contribution is -2.56. The van der Waals surface area contributed by atoms with E-state index in [9.17, 15) is 13.2 Å². The van der Waals surface area contributed by atoms with E-state index in [2.05, 4.69) is 4.98 Å². The second-order valence-electron chi connectivity index (χ2n) is 4.87. The molecule has 0 spiro atoms. The maximum absolute atomic E-state index is 13.4. The van der Waals surface area contributed by atoms with E-state index in [1.165, 1.54) is 18.3 Å². The zero-order valence-corrected chi connectivity index (χ0v) is 10.9. The smallest absolute Gasteiger partial charge is 0.428 e. The highest BCUT2D eigenvalue weighted by Gasteiger charge is 2.58. The molecule has 2 heterocycles. The fraction of sp³-hybridized carbons (Fsp3) is 0.538. The van der Waals surface area contributed by atoms with Crippen molar-refractivity contribution in [1.82, 2.24) is 9.88 Å². The van der Waals surface area contributed by atoms with Crippen molar-refractivity contribution in [2.45, 2.75) is 24.6 Å². The lowest BCUT2D eigenvalue weighted by molar-refractivity contribution is -0.261. The van der Waals surface area contributed by atoms with Gasteiger partial charge in [-0.15, -0.1) is 0 Å². The number of hydrogen-bond donors (Lipinski definition) is 0. The van der Waals surface area contributed by atoms with E-state index >= 15 is 0 Å². The number of rotatable bonds is 2. The lowest BCUT2D eigenvalue weighted by Gasteiger charge is -2.41. The predicted molar refractivity (Wildman–Crippen MR) is 65.1 cm³/mol. The summed E-state index contributed by atoms with van der Waals surface area (Å²) in [7, 11) is 1.77. The van der Waals surface area contributed by atoms with Crippen molar-refractivity contribution in [3.8, 4) is 11.9 Å². The zero-order valence-electron chi connectivity index (χ0n) is 10.9. The van der Waals surface area contributed by atoms with Crippen LogP contribution < -0.4 is 4.74 Å². The Morgan fingerprint density at radius 2 is 2.05 bits per heavy atom. The van der Waals surface area contributed by atoms with Crippen molar-refractivity contribution in [2.75, 3.05) is 20.1 Å². The molecule has 1 aromatic heterocycles. The minimum absolute atomic E-state index is 0.00931. The number of pyridine rings is 1. The third-order valence-electron chi connectivity index (χ3n) is 3.49. The standard InChI is InChI=1S/C13H14F3N3O/c1-19-7-4-12(5-8-19,13(14,15)16)20-11-10(9-17)3-2-6-18-11/h2-3,6H,4-5,7-8H2,1H3. The second kappa shape index (κ2) is 5.29. The third-order valence-corrected chi connectivity index (χ3v) is 3.49. The molecule has 7 heteroatoms. The van der Waals surface area contributed by atoms with Crippen molar-refractivity contribution in [3.63, 3.8) is 0 Å². The van der Waals surface area contributed by atoms with Crippen molar-refractivity contribution in [1.29, 1.82) is 5.26 Å². The molecule has 108 valence electrons. The minimum Gasteiger partial charge on any atom is -0.460 e. The van der Waals surface area contributed by atoms with Crippen LogP contribution in [0.25, 0.3) is 0 Å². The Morgan fingerprint density at radius 1 is 1.40 bits per heavy atom. The van der Waals surface area contributed by atoms with Crippen LogP contribution in [0.1, 0.15) is 18.4 Å². The first-order valence-corrected chi connectivity index (χ1v) is 6.17. The Labute approximate surface area is 114 Å². The maximum Gasteiger partial charge on any atom is 0.428 e. The second-order valence-corrected chi connectivity index (χ2v) is 4.87. The van der Waals surface area contributed by atoms with Gasteiger partial charge < -0.3 is 9.64 Å². The highest BCUT2D eigenvalue weighted by Crippen LogP contribution is 2.42. The van der Waals surface area contributed by atoms with Gasteiger partial charge in [-0.2, -0.15) is 18.4 Å². The first-order valence-electron chi connectivity index (χ1n) is 6.17. The van der Waals surface area contributed by atoms with Crippen molar-refractivity contribution in [3.05, 3.63) is 23.9 Å². The average Bonchev–Trinajstić information content (AvgIpc) is 2.41. The number of ether oxygens (including phenoxy) is 1. The molecule has 4 nitrogen and oxygen atoms in total. The number of nitrogens with zero attached hydrogens (tertiary/aromatic N) is 3. The van der Waals surface area contributed by atoms with Gasteiger partial charge in [-0.1, -0.05) is 0 Å². The Morgan fingerprint density at radius 3 is 2.60 bits per heavy atom. The largest absolute Gasteiger partial charge is 0.460 e. The molecular formula is C13H14F3N3O. The molecule has 1 aliphatic heterocycles. The van der Waals surface area contributed by atoms with Gasteiger partial charge in [0.2, 0.25) is 11.5 Å². The van der Waals surface area contributed by atoms with Gasteiger partial charge in [-0.3, -0.25) is 0 Å². The van der Waals surface area contributed by atoms with Crippen LogP contribution >= 0.6 is 0 Å². The zero-order chi connectivity index (χ0) is 14.8. The summed E-state index contributed by atoms with van der Waals surface area (Å²) in [6.45, 7) is 0.572. The van der Waals surface area contributed by atoms with Crippen LogP contribution in [0.5, 0.6) is 5.88 Å². The molecule has 20 heavy (non-hydrogen) atoms. The SMILES string of the molecule is CN1CCC(Oc2ncccc2C#N)(C(F)(F)F)CC1. The van der Waals surface area contributed by atoms with E-state index in [0.29, 0.717) is 0 Å². The Balaban J connectivity index is 2.32. The number of hydrogen-bond acceptors (Lipinski definition) is 4. The molecule has 1 saturated heterocycles. The van der Waals surface area contributed by atoms with Crippen LogP contribution in [0.15, 0.2) is 18.3 Å². The Hall–Kier alpha value is -1.81. The van der Waals surface area contributed by atoms with Gasteiger partial charge in [0.1, 0.15) is 11.6 Å². The van der Waals surface area contributed by atoms with E-state index in [1.54, 1.807) is 13.1 Å². The first-order chi connectivity index (χ1) is 9.38. The summed E-state index contributed by atoms with van der Waals surface area (Å²) < 4.78 is 45.4. The van der Waals surface area contributed by atoms with Crippen LogP contribution in [-0.4, -0.2) is 41.8 Å². The molecule has 0 N–H and O–H groups in total. The number of piperidine rings is 1. The molecule has 2 rings (SSSR count). The summed E-state index contributed by atoms with van der Waals surface area (Å²) >= 11 is 0. The molecular weight excluding hydrogens is 271 g/mol. The predicted octanol–water partition coefficient (Wildman–Crippen LogP) is 2.36. The van der Waals surface area contributed by atoms with Crippen molar-refractivity contribution < 1.29 is 17.9 Å². The van der Waals surface area contributed by atoms with Gasteiger partial charge in [-0.25, -0.2) is 4.98 Å². The minimum atomic E-state index is -4.50. The van der Waals surface area contributed by atoms with Gasteiger partial charge in [0.15, 0.2) is 0 Å². The summed E-state index contributed by atoms with van der Waals surface area (Å²) in [4.78, 5) is 5.58. The maximum atomic E-state index is 13.4. The number of alkyl halides is 3. The molecule has 1 aromatic rings. The number of nitriles is 1. The summed E-state index contributed by atoms with van der Waals surface area (Å²) in [5, 5.41) is 8.92. The van der Waals surface area contributed by atoms with Gasteiger partial charge in [0.25, 0.3) is 0 Å². The molecule has 0 amide bonds. The summed E-state index contributed by atoms with van der Waals surface area (Å²) in [6.07, 6.45) is -3.53. The number of halogens is 3. The van der Waals surface area contributed by atoms with E-state index in [4.69, 9.17) is 10.00 Å². The quantitative estimate of drug-likeness (QED) is 0.837. The lowest BCUT2D eigenvalue weighted by atomic mass is 9.90. The van der Waals surface area contributed by atoms with E-state index in [0.717, 1.165) is 0 Å². The van der Waals surface area contributed by atoms with Crippen LogP contribution in [0, 0.1) is 11.3 Å². The van der Waals surface area contributed by atoms with E-state index in [1.807, 2.05) is 4.90 Å². The third kappa shape index (κ3) is 2.70. The fourth-order valence-electron chi connectivity index (χ4n) is 2.17. The van der Waals surface area contributed by atoms with Crippen molar-refractivity contribution >= 4 is 0 Å². The van der Waals surface area contributed by atoms with Gasteiger partial charge in [0.05, 0.1) is 0 Å². The van der Waals surface area contributed by atoms with Crippen LogP contribution in [0.3, 0.4) is 0 Å². The molecule has 0 bridgehead atoms. The molecule has 1 aliphatic rings. The highest BCUT2D eigenvalue weighted by atomic mass is 19.4. The van der Waals surface area contributed by atoms with Gasteiger partial charge in [-0.05, 0) is 19.2 Å². The summed E-state index contributed by atoms with van der Waals surface area (Å²) in [6, 6.07) is 4.67. The first kappa shape index (κ1) is 14.6. The number of aromatic nitrogens is 1. The topological polar surface area (TPSA) is 49.1 Å². The van der Waals surface area contributed by atoms with Crippen LogP contribution in [-0.2, 0) is 0 Å². The molecule has 1 fully saturated rings. The van der Waals surface area contributed by atoms with Crippen LogP contribution in [0.2, 0.25) is 0 Å². The van der Waals surface area contributed by atoms with Crippen molar-refractivity contribution in [2.24, 2.45) is 0 Å². The van der Waals surface area contributed by atoms with Gasteiger partial charge >= 0.3 is 6.18 Å². The molecule has 0 aromatic carbocycles. The van der Waals surface area contributed by atoms with Crippen LogP contribution in [0.4, 0.5) is 13.2 Å².